The number of nitrogens with one attached hydrogen (secondary N) is 2. The van der Waals surface area contributed by atoms with Gasteiger partial charge in [0.25, 0.3) is 5.56 Å². The minimum absolute atomic E-state index is 0.0484. The van der Waals surface area contributed by atoms with Gasteiger partial charge in [0.2, 0.25) is 11.9 Å². The lowest BCUT2D eigenvalue weighted by molar-refractivity contribution is -0.0425. The number of anilines is 3. The van der Waals surface area contributed by atoms with Crippen LogP contribution in [0.25, 0.3) is 22.3 Å². The van der Waals surface area contributed by atoms with Crippen molar-refractivity contribution in [3.63, 3.8) is 0 Å². The molecule has 2 aromatic heterocycles. The van der Waals surface area contributed by atoms with Gasteiger partial charge in [0.1, 0.15) is 12.3 Å². The monoisotopic (exact) mass is 446 g/mol. The Morgan fingerprint density at radius 3 is 2.82 bits per heavy atom. The van der Waals surface area contributed by atoms with Crippen molar-refractivity contribution in [2.75, 3.05) is 17.7 Å². The van der Waals surface area contributed by atoms with Crippen LogP contribution >= 0.6 is 0 Å². The number of hydrogen-bond acceptors (Lipinski definition) is 8. The van der Waals surface area contributed by atoms with E-state index in [1.165, 1.54) is 22.3 Å². The SMILES string of the molecule is Nc1nc2c(nc(Nc3ccc4c(c3)Cc3ccccc3-4)n2C2C[C@@H](O)[C@H](CO)O2)c(=O)[nH]1. The molecular weight excluding hydrogens is 424 g/mol. The van der Waals surface area contributed by atoms with Crippen LogP contribution in [0.15, 0.2) is 47.3 Å². The first kappa shape index (κ1) is 19.9. The fraction of sp³-hybridized carbons (Fsp3) is 0.261. The summed E-state index contributed by atoms with van der Waals surface area (Å²) in [5.41, 5.74) is 11.4. The second-order valence-electron chi connectivity index (χ2n) is 8.37. The number of rotatable bonds is 4. The third-order valence-electron chi connectivity index (χ3n) is 6.29. The summed E-state index contributed by atoms with van der Waals surface area (Å²) in [4.78, 5) is 23.7. The number of imidazole rings is 1. The molecule has 1 aliphatic carbocycles. The van der Waals surface area contributed by atoms with E-state index < -0.39 is 24.0 Å². The first-order valence-corrected chi connectivity index (χ1v) is 10.7. The molecule has 0 bridgehead atoms. The maximum Gasteiger partial charge on any atom is 0.280 e. The molecule has 4 aromatic rings. The minimum atomic E-state index is -0.858. The summed E-state index contributed by atoms with van der Waals surface area (Å²) in [6.07, 6.45) is -1.23. The predicted octanol–water partition coefficient (Wildman–Crippen LogP) is 1.66. The van der Waals surface area contributed by atoms with Gasteiger partial charge in [0.05, 0.1) is 12.7 Å². The molecule has 3 heterocycles. The molecule has 6 rings (SSSR count). The predicted molar refractivity (Wildman–Crippen MR) is 122 cm³/mol. The maximum absolute atomic E-state index is 12.5. The molecule has 10 nitrogen and oxygen atoms in total. The highest BCUT2D eigenvalue weighted by atomic mass is 16.5. The molecule has 2 aromatic carbocycles. The van der Waals surface area contributed by atoms with Crippen LogP contribution < -0.4 is 16.6 Å². The third-order valence-corrected chi connectivity index (χ3v) is 6.29. The summed E-state index contributed by atoms with van der Waals surface area (Å²) < 4.78 is 7.45. The number of hydrogen-bond donors (Lipinski definition) is 5. The fourth-order valence-electron chi connectivity index (χ4n) is 4.75. The quantitative estimate of drug-likeness (QED) is 0.280. The van der Waals surface area contributed by atoms with Crippen LogP contribution in [0.3, 0.4) is 0 Å². The average molecular weight is 446 g/mol. The number of nitrogen functional groups attached to an aromatic ring is 1. The van der Waals surface area contributed by atoms with Crippen molar-refractivity contribution < 1.29 is 14.9 Å². The van der Waals surface area contributed by atoms with Gasteiger partial charge in [0.15, 0.2) is 11.2 Å². The molecule has 0 amide bonds. The van der Waals surface area contributed by atoms with E-state index in [2.05, 4.69) is 44.5 Å². The maximum atomic E-state index is 12.5. The molecule has 10 heteroatoms. The van der Waals surface area contributed by atoms with Crippen LogP contribution in [0.5, 0.6) is 0 Å². The molecule has 1 unspecified atom stereocenters. The van der Waals surface area contributed by atoms with Gasteiger partial charge in [-0.2, -0.15) is 4.98 Å². The Morgan fingerprint density at radius 2 is 2.00 bits per heavy atom. The van der Waals surface area contributed by atoms with Gasteiger partial charge in [-0.3, -0.25) is 14.3 Å². The van der Waals surface area contributed by atoms with Crippen LogP contribution in [0, 0.1) is 0 Å². The summed E-state index contributed by atoms with van der Waals surface area (Å²) in [5.74, 6) is 0.285. The Morgan fingerprint density at radius 1 is 1.18 bits per heavy atom. The minimum Gasteiger partial charge on any atom is -0.394 e. The molecule has 6 N–H and O–H groups in total. The number of aromatic amines is 1. The number of fused-ring (bicyclic) bond motifs is 4. The van der Waals surface area contributed by atoms with E-state index in [9.17, 15) is 15.0 Å². The van der Waals surface area contributed by atoms with Crippen LogP contribution in [0.4, 0.5) is 17.6 Å². The summed E-state index contributed by atoms with van der Waals surface area (Å²) in [6.45, 7) is -0.325. The Bertz CT molecular complexity index is 1440. The van der Waals surface area contributed by atoms with E-state index in [0.717, 1.165) is 12.1 Å². The van der Waals surface area contributed by atoms with Gasteiger partial charge < -0.3 is 26.0 Å². The molecule has 0 radical (unpaired) electrons. The number of ether oxygens (including phenoxy) is 1. The molecule has 33 heavy (non-hydrogen) atoms. The second kappa shape index (κ2) is 7.41. The Kier molecular flexibility index (Phi) is 4.47. The van der Waals surface area contributed by atoms with Gasteiger partial charge in [-0.25, -0.2) is 4.98 Å². The second-order valence-corrected chi connectivity index (χ2v) is 8.37. The molecule has 168 valence electrons. The van der Waals surface area contributed by atoms with Crippen LogP contribution in [0.2, 0.25) is 0 Å². The van der Waals surface area contributed by atoms with E-state index in [4.69, 9.17) is 10.5 Å². The summed E-state index contributed by atoms with van der Waals surface area (Å²) in [6, 6.07) is 14.4. The van der Waals surface area contributed by atoms with Crippen molar-refractivity contribution in [2.45, 2.75) is 31.3 Å². The topological polar surface area (TPSA) is 151 Å². The number of aliphatic hydroxyl groups is 2. The number of nitrogens with two attached hydrogens (primary N) is 1. The summed E-state index contributed by atoms with van der Waals surface area (Å²) in [7, 11) is 0. The van der Waals surface area contributed by atoms with Crippen LogP contribution in [0.1, 0.15) is 23.8 Å². The lowest BCUT2D eigenvalue weighted by Gasteiger charge is -2.17. The van der Waals surface area contributed by atoms with Crippen molar-refractivity contribution in [1.82, 2.24) is 19.5 Å². The van der Waals surface area contributed by atoms with E-state index >= 15 is 0 Å². The van der Waals surface area contributed by atoms with Crippen molar-refractivity contribution >= 4 is 28.7 Å². The number of H-pyrrole nitrogens is 1. The number of aromatic nitrogens is 4. The van der Waals surface area contributed by atoms with Gasteiger partial charge in [-0.15, -0.1) is 0 Å². The summed E-state index contributed by atoms with van der Waals surface area (Å²) >= 11 is 0. The molecule has 1 fully saturated rings. The lowest BCUT2D eigenvalue weighted by Crippen LogP contribution is -2.24. The van der Waals surface area contributed by atoms with Crippen molar-refractivity contribution in [2.24, 2.45) is 0 Å². The van der Waals surface area contributed by atoms with E-state index in [1.807, 2.05) is 18.2 Å². The zero-order chi connectivity index (χ0) is 22.7. The Hall–Kier alpha value is -3.73. The first-order chi connectivity index (χ1) is 16.0. The molecule has 3 atom stereocenters. The third kappa shape index (κ3) is 3.18. The molecule has 0 spiro atoms. The number of aliphatic hydroxyl groups excluding tert-OH is 2. The van der Waals surface area contributed by atoms with Crippen LogP contribution in [-0.4, -0.2) is 48.5 Å². The van der Waals surface area contributed by atoms with Crippen molar-refractivity contribution in [3.8, 4) is 11.1 Å². The highest BCUT2D eigenvalue weighted by molar-refractivity contribution is 5.80. The zero-order valence-corrected chi connectivity index (χ0v) is 17.5. The number of nitrogens with zero attached hydrogens (tertiary/aromatic N) is 3. The normalized spacial score (nSPS) is 21.3. The zero-order valence-electron chi connectivity index (χ0n) is 17.5. The molecule has 1 aliphatic heterocycles. The van der Waals surface area contributed by atoms with Gasteiger partial charge >= 0.3 is 0 Å². The van der Waals surface area contributed by atoms with Gasteiger partial charge in [-0.05, 0) is 40.8 Å². The van der Waals surface area contributed by atoms with Crippen molar-refractivity contribution in [3.05, 3.63) is 63.9 Å². The highest BCUT2D eigenvalue weighted by Crippen LogP contribution is 2.39. The van der Waals surface area contributed by atoms with E-state index in [-0.39, 0.29) is 30.1 Å². The Labute approximate surface area is 187 Å². The molecule has 1 saturated heterocycles. The van der Waals surface area contributed by atoms with Crippen LogP contribution in [-0.2, 0) is 11.2 Å². The van der Waals surface area contributed by atoms with Crippen molar-refractivity contribution in [1.29, 1.82) is 0 Å². The molecule has 0 saturated carbocycles. The molecule has 2 aliphatic rings. The smallest absolute Gasteiger partial charge is 0.280 e. The summed E-state index contributed by atoms with van der Waals surface area (Å²) in [5, 5.41) is 23.0. The van der Waals surface area contributed by atoms with Gasteiger partial charge in [-0.1, -0.05) is 30.3 Å². The van der Waals surface area contributed by atoms with E-state index in [1.54, 1.807) is 4.57 Å². The largest absolute Gasteiger partial charge is 0.394 e. The van der Waals surface area contributed by atoms with E-state index in [0.29, 0.717) is 5.95 Å². The number of benzene rings is 2. The molecular formula is C23H22N6O4. The standard InChI is InChI=1S/C23H22N6O4/c24-22-27-20-19(21(32)28-22)26-23(29(20)18-9-16(31)17(10-30)33-18)25-13-5-6-15-12(8-13)7-11-3-1-2-4-14(11)15/h1-6,8,16-18,30-31H,7,9-10H2,(H,25,26)(H3,24,27,28,32)/t16-,17+,18?/m1/s1. The first-order valence-electron chi connectivity index (χ1n) is 10.7. The lowest BCUT2D eigenvalue weighted by atomic mass is 10.1. The fourth-order valence-corrected chi connectivity index (χ4v) is 4.75. The average Bonchev–Trinajstić information content (AvgIpc) is 3.46. The Balaban J connectivity index is 1.42. The highest BCUT2D eigenvalue weighted by Gasteiger charge is 2.37. The van der Waals surface area contributed by atoms with Gasteiger partial charge in [0, 0.05) is 12.1 Å².